The van der Waals surface area contributed by atoms with Gasteiger partial charge in [-0.2, -0.15) is 0 Å². The summed E-state index contributed by atoms with van der Waals surface area (Å²) in [6, 6.07) is 0.627. The van der Waals surface area contributed by atoms with Crippen LogP contribution in [0.5, 0.6) is 0 Å². The van der Waals surface area contributed by atoms with E-state index in [1.165, 1.54) is 32.1 Å². The first-order valence-electron chi connectivity index (χ1n) is 7.72. The summed E-state index contributed by atoms with van der Waals surface area (Å²) in [5.41, 5.74) is 5.92. The molecule has 2 N–H and O–H groups in total. The molecule has 0 bridgehead atoms. The Morgan fingerprint density at radius 1 is 1.26 bits per heavy atom. The average Bonchev–Trinajstić information content (AvgIpc) is 2.97. The van der Waals surface area contributed by atoms with Crippen LogP contribution in [0, 0.1) is 18.8 Å². The van der Waals surface area contributed by atoms with E-state index in [0.29, 0.717) is 17.9 Å². The lowest BCUT2D eigenvalue weighted by atomic mass is 9.94. The van der Waals surface area contributed by atoms with Crippen LogP contribution in [0.1, 0.15) is 63.6 Å². The molecule has 0 aliphatic heterocycles. The van der Waals surface area contributed by atoms with Gasteiger partial charge in [-0.3, -0.25) is 0 Å². The zero-order chi connectivity index (χ0) is 13.8. The maximum atomic E-state index is 5.92. The Morgan fingerprint density at radius 3 is 2.53 bits per heavy atom. The molecule has 1 fully saturated rings. The number of rotatable bonds is 6. The summed E-state index contributed by atoms with van der Waals surface area (Å²) < 4.78 is 2.38. The highest BCUT2D eigenvalue weighted by Crippen LogP contribution is 2.31. The maximum Gasteiger partial charge on any atom is 0.133 e. The molecule has 1 unspecified atom stereocenters. The number of nitrogens with two attached hydrogens (primary N) is 1. The zero-order valence-corrected chi connectivity index (χ0v) is 12.6. The van der Waals surface area contributed by atoms with Crippen LogP contribution in [0.3, 0.4) is 0 Å². The first-order chi connectivity index (χ1) is 9.11. The van der Waals surface area contributed by atoms with Gasteiger partial charge in [0.25, 0.3) is 0 Å². The van der Waals surface area contributed by atoms with E-state index in [2.05, 4.69) is 35.5 Å². The summed E-state index contributed by atoms with van der Waals surface area (Å²) >= 11 is 0. The third-order valence-electron chi connectivity index (χ3n) is 4.24. The maximum absolute atomic E-state index is 5.92. The van der Waals surface area contributed by atoms with Gasteiger partial charge in [0.15, 0.2) is 0 Å². The summed E-state index contributed by atoms with van der Waals surface area (Å²) in [5, 5.41) is 8.71. The second-order valence-corrected chi connectivity index (χ2v) is 6.41. The third-order valence-corrected chi connectivity index (χ3v) is 4.24. The molecule has 0 aromatic carbocycles. The number of nitrogens with zero attached hydrogens (tertiary/aromatic N) is 3. The summed E-state index contributed by atoms with van der Waals surface area (Å²) in [5.74, 6) is 3.45. The molecule has 1 atom stereocenters. The Bertz CT molecular complexity index is 391. The van der Waals surface area contributed by atoms with Gasteiger partial charge in [-0.15, -0.1) is 10.2 Å². The molecule has 0 spiro atoms. The van der Waals surface area contributed by atoms with E-state index >= 15 is 0 Å². The minimum Gasteiger partial charge on any atom is -0.330 e. The van der Waals surface area contributed by atoms with Gasteiger partial charge in [0, 0.05) is 12.5 Å². The molecule has 19 heavy (non-hydrogen) atoms. The molecule has 2 rings (SSSR count). The lowest BCUT2D eigenvalue weighted by molar-refractivity contribution is 0.391. The first kappa shape index (κ1) is 14.5. The van der Waals surface area contributed by atoms with Gasteiger partial charge < -0.3 is 10.3 Å². The lowest BCUT2D eigenvalue weighted by Crippen LogP contribution is -2.22. The summed E-state index contributed by atoms with van der Waals surface area (Å²) in [6.07, 6.45) is 7.40. The Hall–Kier alpha value is -0.900. The molecule has 0 saturated heterocycles. The fraction of sp³-hybridized carbons (Fsp3) is 0.867. The predicted octanol–water partition coefficient (Wildman–Crippen LogP) is 2.87. The van der Waals surface area contributed by atoms with Crippen molar-refractivity contribution in [3.05, 3.63) is 11.6 Å². The molecular weight excluding hydrogens is 236 g/mol. The minimum atomic E-state index is 0.531. The van der Waals surface area contributed by atoms with Crippen molar-refractivity contribution in [1.82, 2.24) is 14.8 Å². The van der Waals surface area contributed by atoms with Crippen LogP contribution >= 0.6 is 0 Å². The fourth-order valence-electron chi connectivity index (χ4n) is 3.38. The topological polar surface area (TPSA) is 56.7 Å². The standard InChI is InChI=1S/C15H28N4/c1-11(2)8-13(10-16)9-15-18-17-12(3)19(15)14-6-4-5-7-14/h11,13-14H,4-10,16H2,1-3H3. The van der Waals surface area contributed by atoms with E-state index < -0.39 is 0 Å². The monoisotopic (exact) mass is 264 g/mol. The van der Waals surface area contributed by atoms with Crippen molar-refractivity contribution >= 4 is 0 Å². The normalized spacial score (nSPS) is 18.4. The molecular formula is C15H28N4. The van der Waals surface area contributed by atoms with Crippen LogP contribution in [-0.4, -0.2) is 21.3 Å². The van der Waals surface area contributed by atoms with E-state index in [1.807, 2.05) is 0 Å². The van der Waals surface area contributed by atoms with Gasteiger partial charge in [0.2, 0.25) is 0 Å². The highest BCUT2D eigenvalue weighted by molar-refractivity contribution is 5.00. The molecule has 4 heteroatoms. The number of hydrogen-bond acceptors (Lipinski definition) is 3. The average molecular weight is 264 g/mol. The van der Waals surface area contributed by atoms with Crippen LogP contribution < -0.4 is 5.73 Å². The fourth-order valence-corrected chi connectivity index (χ4v) is 3.38. The Labute approximate surface area is 116 Å². The smallest absolute Gasteiger partial charge is 0.133 e. The van der Waals surface area contributed by atoms with Gasteiger partial charge in [0.1, 0.15) is 11.6 Å². The molecule has 1 aromatic rings. The van der Waals surface area contributed by atoms with E-state index in [4.69, 9.17) is 5.73 Å². The van der Waals surface area contributed by atoms with Crippen LogP contribution in [-0.2, 0) is 6.42 Å². The van der Waals surface area contributed by atoms with Gasteiger partial charge in [0.05, 0.1) is 0 Å². The third kappa shape index (κ3) is 3.56. The van der Waals surface area contributed by atoms with Crippen LogP contribution in [0.25, 0.3) is 0 Å². The van der Waals surface area contributed by atoms with E-state index in [0.717, 1.165) is 24.6 Å². The lowest BCUT2D eigenvalue weighted by Gasteiger charge is -2.20. The molecule has 4 nitrogen and oxygen atoms in total. The van der Waals surface area contributed by atoms with Crippen molar-refractivity contribution in [2.75, 3.05) is 6.54 Å². The molecule has 0 amide bonds. The summed E-state index contributed by atoms with van der Waals surface area (Å²) in [7, 11) is 0. The summed E-state index contributed by atoms with van der Waals surface area (Å²) in [4.78, 5) is 0. The number of hydrogen-bond donors (Lipinski definition) is 1. The molecule has 1 aliphatic carbocycles. The van der Waals surface area contributed by atoms with Crippen LogP contribution in [0.4, 0.5) is 0 Å². The Balaban J connectivity index is 2.11. The molecule has 1 heterocycles. The highest BCUT2D eigenvalue weighted by atomic mass is 15.3. The molecule has 1 saturated carbocycles. The van der Waals surface area contributed by atoms with Gasteiger partial charge in [-0.25, -0.2) is 0 Å². The molecule has 1 aromatic heterocycles. The van der Waals surface area contributed by atoms with E-state index in [9.17, 15) is 0 Å². The summed E-state index contributed by atoms with van der Waals surface area (Å²) in [6.45, 7) is 7.34. The van der Waals surface area contributed by atoms with Crippen molar-refractivity contribution in [2.24, 2.45) is 17.6 Å². The zero-order valence-electron chi connectivity index (χ0n) is 12.6. The highest BCUT2D eigenvalue weighted by Gasteiger charge is 2.23. The number of aromatic nitrogens is 3. The van der Waals surface area contributed by atoms with Crippen LogP contribution in [0.15, 0.2) is 0 Å². The second-order valence-electron chi connectivity index (χ2n) is 6.41. The van der Waals surface area contributed by atoms with Gasteiger partial charge in [-0.1, -0.05) is 26.7 Å². The molecule has 1 aliphatic rings. The van der Waals surface area contributed by atoms with Crippen molar-refractivity contribution in [1.29, 1.82) is 0 Å². The molecule has 0 radical (unpaired) electrons. The van der Waals surface area contributed by atoms with E-state index in [-0.39, 0.29) is 0 Å². The van der Waals surface area contributed by atoms with Crippen molar-refractivity contribution in [3.8, 4) is 0 Å². The second kappa shape index (κ2) is 6.51. The quantitative estimate of drug-likeness (QED) is 0.859. The number of aryl methyl sites for hydroxylation is 1. The van der Waals surface area contributed by atoms with Crippen molar-refractivity contribution in [2.45, 2.75) is 65.3 Å². The SMILES string of the molecule is Cc1nnc(CC(CN)CC(C)C)n1C1CCCC1. The largest absolute Gasteiger partial charge is 0.330 e. The molecule has 108 valence electrons. The van der Waals surface area contributed by atoms with Gasteiger partial charge >= 0.3 is 0 Å². The van der Waals surface area contributed by atoms with Crippen molar-refractivity contribution < 1.29 is 0 Å². The van der Waals surface area contributed by atoms with Gasteiger partial charge in [-0.05, 0) is 44.6 Å². The Kier molecular flexibility index (Phi) is 4.97. The van der Waals surface area contributed by atoms with Crippen molar-refractivity contribution in [3.63, 3.8) is 0 Å². The first-order valence-corrected chi connectivity index (χ1v) is 7.72. The van der Waals surface area contributed by atoms with Crippen LogP contribution in [0.2, 0.25) is 0 Å². The Morgan fingerprint density at radius 2 is 1.95 bits per heavy atom. The van der Waals surface area contributed by atoms with E-state index in [1.54, 1.807) is 0 Å². The minimum absolute atomic E-state index is 0.531. The predicted molar refractivity (Wildman–Crippen MR) is 78.0 cm³/mol.